The molecular formula is C27H41NO7. The van der Waals surface area contributed by atoms with Crippen LogP contribution in [0, 0.1) is 11.8 Å². The molecule has 1 aromatic heterocycles. The third kappa shape index (κ3) is 5.42. The van der Waals surface area contributed by atoms with Crippen LogP contribution in [0.25, 0.3) is 0 Å². The van der Waals surface area contributed by atoms with E-state index in [1.54, 1.807) is 0 Å². The lowest BCUT2D eigenvalue weighted by atomic mass is 9.89. The van der Waals surface area contributed by atoms with E-state index in [1.165, 1.54) is 17.8 Å². The van der Waals surface area contributed by atoms with E-state index >= 15 is 0 Å². The SMILES string of the molecule is CCC(C)CC(C)/C=C(\C)C1OC(c2c(O)c(C3C(O)C(O)C(O)C3O)cn(C)c2=O)CC=C1C. The fourth-order valence-corrected chi connectivity index (χ4v) is 5.49. The summed E-state index contributed by atoms with van der Waals surface area (Å²) < 4.78 is 7.64. The van der Waals surface area contributed by atoms with Gasteiger partial charge in [0.15, 0.2) is 0 Å². The third-order valence-electron chi connectivity index (χ3n) is 7.68. The Morgan fingerprint density at radius 2 is 1.77 bits per heavy atom. The molecule has 8 heteroatoms. The zero-order chi connectivity index (χ0) is 26.2. The second kappa shape index (κ2) is 11.0. The lowest BCUT2D eigenvalue weighted by molar-refractivity contribution is -0.0413. The van der Waals surface area contributed by atoms with Crippen LogP contribution >= 0.6 is 0 Å². The summed E-state index contributed by atoms with van der Waals surface area (Å²) in [6.45, 7) is 10.6. The van der Waals surface area contributed by atoms with Gasteiger partial charge in [-0.1, -0.05) is 39.3 Å². The molecule has 0 saturated heterocycles. The van der Waals surface area contributed by atoms with Crippen molar-refractivity contribution in [1.82, 2.24) is 4.57 Å². The number of aryl methyl sites for hydroxylation is 1. The first-order chi connectivity index (χ1) is 16.4. The van der Waals surface area contributed by atoms with Gasteiger partial charge in [0.1, 0.15) is 18.0 Å². The van der Waals surface area contributed by atoms with Gasteiger partial charge < -0.3 is 34.8 Å². The van der Waals surface area contributed by atoms with Gasteiger partial charge in [0.25, 0.3) is 5.56 Å². The summed E-state index contributed by atoms with van der Waals surface area (Å²) in [5, 5.41) is 52.1. The van der Waals surface area contributed by atoms with Gasteiger partial charge in [-0.3, -0.25) is 4.79 Å². The number of ether oxygens (including phenoxy) is 1. The smallest absolute Gasteiger partial charge is 0.259 e. The molecule has 1 fully saturated rings. The molecule has 0 spiro atoms. The molecule has 8 unspecified atom stereocenters. The van der Waals surface area contributed by atoms with Crippen molar-refractivity contribution < 1.29 is 30.3 Å². The number of aromatic nitrogens is 1. The maximum atomic E-state index is 13.1. The van der Waals surface area contributed by atoms with E-state index in [1.807, 2.05) is 19.9 Å². The quantitative estimate of drug-likeness (QED) is 0.370. The minimum atomic E-state index is -1.57. The summed E-state index contributed by atoms with van der Waals surface area (Å²) in [6.07, 6.45) is 0.890. The lowest BCUT2D eigenvalue weighted by Gasteiger charge is -2.32. The summed E-state index contributed by atoms with van der Waals surface area (Å²) in [5.74, 6) is -0.563. The van der Waals surface area contributed by atoms with Crippen molar-refractivity contribution in [2.24, 2.45) is 18.9 Å². The molecule has 196 valence electrons. The first-order valence-corrected chi connectivity index (χ1v) is 12.5. The molecule has 2 heterocycles. The summed E-state index contributed by atoms with van der Waals surface area (Å²) in [4.78, 5) is 13.1. The number of aliphatic hydroxyl groups excluding tert-OH is 4. The fourth-order valence-electron chi connectivity index (χ4n) is 5.49. The molecule has 1 aliphatic carbocycles. The van der Waals surface area contributed by atoms with Crippen LogP contribution in [0.2, 0.25) is 0 Å². The Morgan fingerprint density at radius 1 is 1.17 bits per heavy atom. The topological polar surface area (TPSA) is 132 Å². The van der Waals surface area contributed by atoms with E-state index in [0.29, 0.717) is 18.3 Å². The average Bonchev–Trinajstić information content (AvgIpc) is 2.99. The van der Waals surface area contributed by atoms with Crippen LogP contribution in [0.5, 0.6) is 5.75 Å². The summed E-state index contributed by atoms with van der Waals surface area (Å²) >= 11 is 0. The molecule has 2 aliphatic rings. The standard InChI is InChI=1S/C27H41NO7/c1-7-13(2)10-14(3)11-16(5)26-15(4)8-9-18(35-26)20-21(29)17(12-28(6)27(20)34)19-22(30)24(32)25(33)23(19)31/h8,11-14,18-19,22-26,29-33H,7,9-10H2,1-6H3/b16-11+. The second-order valence-corrected chi connectivity index (χ2v) is 10.6. The van der Waals surface area contributed by atoms with Crippen LogP contribution < -0.4 is 5.56 Å². The molecule has 1 aliphatic heterocycles. The van der Waals surface area contributed by atoms with Crippen molar-refractivity contribution in [3.63, 3.8) is 0 Å². The lowest BCUT2D eigenvalue weighted by Crippen LogP contribution is -2.32. The third-order valence-corrected chi connectivity index (χ3v) is 7.68. The molecule has 1 aromatic rings. The molecule has 0 radical (unpaired) electrons. The van der Waals surface area contributed by atoms with Crippen molar-refractivity contribution in [3.8, 4) is 5.75 Å². The van der Waals surface area contributed by atoms with E-state index in [9.17, 15) is 30.3 Å². The van der Waals surface area contributed by atoms with Crippen LogP contribution in [-0.4, -0.2) is 60.6 Å². The largest absolute Gasteiger partial charge is 0.507 e. The highest BCUT2D eigenvalue weighted by Crippen LogP contribution is 2.43. The Labute approximate surface area is 207 Å². The second-order valence-electron chi connectivity index (χ2n) is 10.6. The minimum absolute atomic E-state index is 0.0366. The number of allylic oxidation sites excluding steroid dienone is 1. The van der Waals surface area contributed by atoms with Crippen molar-refractivity contribution in [2.45, 2.75) is 96.4 Å². The van der Waals surface area contributed by atoms with Gasteiger partial charge in [0.2, 0.25) is 0 Å². The molecule has 0 amide bonds. The highest BCUT2D eigenvalue weighted by molar-refractivity contribution is 5.44. The maximum absolute atomic E-state index is 13.1. The zero-order valence-electron chi connectivity index (χ0n) is 21.5. The van der Waals surface area contributed by atoms with Crippen molar-refractivity contribution in [1.29, 1.82) is 0 Å². The maximum Gasteiger partial charge on any atom is 0.259 e. The molecular weight excluding hydrogens is 450 g/mol. The Morgan fingerprint density at radius 3 is 2.34 bits per heavy atom. The predicted octanol–water partition coefficient (Wildman–Crippen LogP) is 2.43. The first-order valence-electron chi connectivity index (χ1n) is 12.5. The molecule has 1 saturated carbocycles. The van der Waals surface area contributed by atoms with Crippen molar-refractivity contribution in [2.75, 3.05) is 0 Å². The number of hydrogen-bond donors (Lipinski definition) is 5. The minimum Gasteiger partial charge on any atom is -0.507 e. The molecule has 8 nitrogen and oxygen atoms in total. The molecule has 5 N–H and O–H groups in total. The number of nitrogens with zero attached hydrogens (tertiary/aromatic N) is 1. The van der Waals surface area contributed by atoms with Gasteiger partial charge in [0.05, 0.1) is 30.0 Å². The fraction of sp³-hybridized carbons (Fsp3) is 0.667. The van der Waals surface area contributed by atoms with Crippen molar-refractivity contribution >= 4 is 0 Å². The van der Waals surface area contributed by atoms with Crippen LogP contribution in [0.1, 0.15) is 77.0 Å². The number of aromatic hydroxyl groups is 1. The Balaban J connectivity index is 1.96. The van der Waals surface area contributed by atoms with Gasteiger partial charge in [-0.05, 0) is 49.7 Å². The van der Waals surface area contributed by atoms with Crippen molar-refractivity contribution in [3.05, 3.63) is 51.0 Å². The molecule has 35 heavy (non-hydrogen) atoms. The van der Waals surface area contributed by atoms with Crippen LogP contribution in [0.4, 0.5) is 0 Å². The average molecular weight is 492 g/mol. The van der Waals surface area contributed by atoms with E-state index < -0.39 is 42.0 Å². The first kappa shape index (κ1) is 27.6. The highest BCUT2D eigenvalue weighted by Gasteiger charge is 2.50. The van der Waals surface area contributed by atoms with Crippen LogP contribution in [0.15, 0.2) is 34.3 Å². The van der Waals surface area contributed by atoms with Crippen LogP contribution in [-0.2, 0) is 11.8 Å². The van der Waals surface area contributed by atoms with E-state index in [0.717, 1.165) is 24.0 Å². The molecule has 0 bridgehead atoms. The van der Waals surface area contributed by atoms with Gasteiger partial charge in [-0.25, -0.2) is 0 Å². The summed E-state index contributed by atoms with van der Waals surface area (Å²) in [7, 11) is 1.51. The zero-order valence-corrected chi connectivity index (χ0v) is 21.5. The van der Waals surface area contributed by atoms with Gasteiger partial charge in [-0.15, -0.1) is 0 Å². The summed E-state index contributed by atoms with van der Waals surface area (Å²) in [5.41, 5.74) is 1.75. The Bertz CT molecular complexity index is 1020. The molecule has 8 atom stereocenters. The Hall–Kier alpha value is -1.97. The number of hydrogen-bond acceptors (Lipinski definition) is 7. The summed E-state index contributed by atoms with van der Waals surface area (Å²) in [6, 6.07) is 0. The number of aliphatic hydroxyl groups is 4. The molecule has 0 aromatic carbocycles. The van der Waals surface area contributed by atoms with E-state index in [2.05, 4.69) is 26.8 Å². The normalized spacial score (nSPS) is 33.5. The van der Waals surface area contributed by atoms with Crippen LogP contribution in [0.3, 0.4) is 0 Å². The van der Waals surface area contributed by atoms with Gasteiger partial charge >= 0.3 is 0 Å². The number of rotatable bonds is 7. The monoisotopic (exact) mass is 491 g/mol. The van der Waals surface area contributed by atoms with Gasteiger partial charge in [-0.2, -0.15) is 0 Å². The van der Waals surface area contributed by atoms with E-state index in [-0.39, 0.29) is 23.0 Å². The Kier molecular flexibility index (Phi) is 8.65. The highest BCUT2D eigenvalue weighted by atomic mass is 16.5. The van der Waals surface area contributed by atoms with Gasteiger partial charge in [0, 0.05) is 24.7 Å². The molecule has 3 rings (SSSR count). The number of pyridine rings is 1. The van der Waals surface area contributed by atoms with E-state index in [4.69, 9.17) is 4.74 Å². The predicted molar refractivity (Wildman–Crippen MR) is 133 cm³/mol.